The van der Waals surface area contributed by atoms with Gasteiger partial charge >= 0.3 is 0 Å². The van der Waals surface area contributed by atoms with Crippen LogP contribution in [0.4, 0.5) is 5.13 Å². The number of nitrogens with two attached hydrogens (primary N) is 1. The Morgan fingerprint density at radius 1 is 1.47 bits per heavy atom. The normalized spacial score (nSPS) is 18.1. The van der Waals surface area contributed by atoms with Gasteiger partial charge in [0.1, 0.15) is 5.75 Å². The highest BCUT2D eigenvalue weighted by Gasteiger charge is 2.23. The van der Waals surface area contributed by atoms with Crippen molar-refractivity contribution in [1.82, 2.24) is 4.98 Å². The van der Waals surface area contributed by atoms with E-state index in [0.717, 1.165) is 25.0 Å². The van der Waals surface area contributed by atoms with Crippen molar-refractivity contribution in [2.45, 2.75) is 32.1 Å². The minimum atomic E-state index is 0.563. The lowest BCUT2D eigenvalue weighted by Crippen LogP contribution is -2.11. The van der Waals surface area contributed by atoms with Gasteiger partial charge in [-0.3, -0.25) is 0 Å². The van der Waals surface area contributed by atoms with Crippen molar-refractivity contribution in [3.63, 3.8) is 0 Å². The molecule has 1 atom stereocenters. The molecule has 1 aromatic heterocycles. The Balaban J connectivity index is 1.82. The number of aromatic nitrogens is 1. The van der Waals surface area contributed by atoms with Crippen LogP contribution in [-0.4, -0.2) is 11.6 Å². The number of thiazole rings is 1. The summed E-state index contributed by atoms with van der Waals surface area (Å²) in [6, 6.07) is 8.47. The van der Waals surface area contributed by atoms with Gasteiger partial charge in [-0.25, -0.2) is 4.98 Å². The predicted molar refractivity (Wildman–Crippen MR) is 78.9 cm³/mol. The maximum absolute atomic E-state index is 5.79. The molecule has 0 amide bonds. The first-order chi connectivity index (χ1) is 9.26. The first-order valence-corrected chi connectivity index (χ1v) is 7.54. The van der Waals surface area contributed by atoms with E-state index in [0.29, 0.717) is 17.7 Å². The van der Waals surface area contributed by atoms with Gasteiger partial charge in [0.25, 0.3) is 0 Å². The second-order valence-corrected chi connectivity index (χ2v) is 5.98. The molecule has 0 bridgehead atoms. The van der Waals surface area contributed by atoms with E-state index in [1.807, 2.05) is 13.0 Å². The van der Waals surface area contributed by atoms with Gasteiger partial charge in [0.2, 0.25) is 0 Å². The average Bonchev–Trinajstić information content (AvgIpc) is 2.78. The number of anilines is 1. The molecule has 0 radical (unpaired) electrons. The van der Waals surface area contributed by atoms with Gasteiger partial charge < -0.3 is 10.5 Å². The molecule has 0 saturated carbocycles. The zero-order chi connectivity index (χ0) is 13.2. The van der Waals surface area contributed by atoms with Gasteiger partial charge in [0.05, 0.1) is 12.3 Å². The fourth-order valence-corrected chi connectivity index (χ4v) is 3.66. The van der Waals surface area contributed by atoms with E-state index < -0.39 is 0 Å². The fourth-order valence-electron chi connectivity index (χ4n) is 2.70. The molecule has 1 aromatic carbocycles. The Hall–Kier alpha value is -1.55. The number of hydrogen-bond acceptors (Lipinski definition) is 4. The SMILES string of the molecule is CCOc1cccc(C2CCc3nc(N)sc3C2)c1. The fraction of sp³-hybridized carbons (Fsp3) is 0.400. The molecule has 0 aliphatic heterocycles. The maximum atomic E-state index is 5.79. The lowest BCUT2D eigenvalue weighted by atomic mass is 9.85. The van der Waals surface area contributed by atoms with Gasteiger partial charge in [-0.1, -0.05) is 12.1 Å². The minimum Gasteiger partial charge on any atom is -0.494 e. The van der Waals surface area contributed by atoms with Crippen molar-refractivity contribution in [1.29, 1.82) is 0 Å². The second kappa shape index (κ2) is 5.21. The molecule has 1 heterocycles. The standard InChI is InChI=1S/C15H18N2OS/c1-2-18-12-5-3-4-10(8-12)11-6-7-13-14(9-11)19-15(16)17-13/h3-5,8,11H,2,6-7,9H2,1H3,(H2,16,17). The molecule has 1 unspecified atom stereocenters. The molecule has 3 rings (SSSR count). The van der Waals surface area contributed by atoms with Gasteiger partial charge in [-0.2, -0.15) is 0 Å². The van der Waals surface area contributed by atoms with Crippen LogP contribution >= 0.6 is 11.3 Å². The first kappa shape index (κ1) is 12.5. The molecule has 0 fully saturated rings. The summed E-state index contributed by atoms with van der Waals surface area (Å²) in [7, 11) is 0. The van der Waals surface area contributed by atoms with Gasteiger partial charge in [0.15, 0.2) is 5.13 Å². The highest BCUT2D eigenvalue weighted by molar-refractivity contribution is 7.15. The van der Waals surface area contributed by atoms with E-state index in [9.17, 15) is 0 Å². The highest BCUT2D eigenvalue weighted by Crippen LogP contribution is 2.36. The van der Waals surface area contributed by atoms with Gasteiger partial charge in [-0.15, -0.1) is 11.3 Å². The molecule has 2 N–H and O–H groups in total. The third-order valence-electron chi connectivity index (χ3n) is 3.60. The largest absolute Gasteiger partial charge is 0.494 e. The molecule has 3 nitrogen and oxygen atoms in total. The van der Waals surface area contributed by atoms with Crippen LogP contribution < -0.4 is 10.5 Å². The molecule has 2 aromatic rings. The molecule has 0 saturated heterocycles. The summed E-state index contributed by atoms with van der Waals surface area (Å²) >= 11 is 1.64. The van der Waals surface area contributed by atoms with Gasteiger partial charge in [0, 0.05) is 4.88 Å². The van der Waals surface area contributed by atoms with Crippen molar-refractivity contribution >= 4 is 16.5 Å². The topological polar surface area (TPSA) is 48.1 Å². The third kappa shape index (κ3) is 2.59. The Kier molecular flexibility index (Phi) is 3.42. The zero-order valence-electron chi connectivity index (χ0n) is 11.1. The minimum absolute atomic E-state index is 0.563. The summed E-state index contributed by atoms with van der Waals surface area (Å²) < 4.78 is 5.58. The molecule has 19 heavy (non-hydrogen) atoms. The number of aryl methyl sites for hydroxylation is 1. The molecular weight excluding hydrogens is 256 g/mol. The van der Waals surface area contributed by atoms with E-state index in [1.54, 1.807) is 11.3 Å². The molecule has 4 heteroatoms. The Labute approximate surface area is 117 Å². The number of fused-ring (bicyclic) bond motifs is 1. The van der Waals surface area contributed by atoms with Crippen molar-refractivity contribution in [2.24, 2.45) is 0 Å². The van der Waals surface area contributed by atoms with Crippen LogP contribution in [0.3, 0.4) is 0 Å². The van der Waals surface area contributed by atoms with Crippen LogP contribution in [0, 0.1) is 0 Å². The summed E-state index contributed by atoms with van der Waals surface area (Å²) in [5, 5.41) is 0.703. The van der Waals surface area contributed by atoms with Crippen LogP contribution in [0.2, 0.25) is 0 Å². The molecular formula is C15H18N2OS. The number of nitrogens with zero attached hydrogens (tertiary/aromatic N) is 1. The maximum Gasteiger partial charge on any atom is 0.180 e. The third-order valence-corrected chi connectivity index (χ3v) is 4.55. The average molecular weight is 274 g/mol. The Morgan fingerprint density at radius 2 is 2.37 bits per heavy atom. The van der Waals surface area contributed by atoms with E-state index in [-0.39, 0.29) is 0 Å². The number of hydrogen-bond donors (Lipinski definition) is 1. The number of rotatable bonds is 3. The Morgan fingerprint density at radius 3 is 3.21 bits per heavy atom. The number of nitrogen functional groups attached to an aromatic ring is 1. The molecule has 100 valence electrons. The van der Waals surface area contributed by atoms with Crippen LogP contribution in [0.15, 0.2) is 24.3 Å². The van der Waals surface area contributed by atoms with Crippen molar-refractivity contribution in [3.05, 3.63) is 40.4 Å². The predicted octanol–water partition coefficient (Wildman–Crippen LogP) is 3.40. The Bertz CT molecular complexity index is 579. The summed E-state index contributed by atoms with van der Waals surface area (Å²) in [5.74, 6) is 1.53. The molecule has 1 aliphatic carbocycles. The molecule has 0 spiro atoms. The van der Waals surface area contributed by atoms with E-state index in [1.165, 1.54) is 16.1 Å². The van der Waals surface area contributed by atoms with Crippen LogP contribution in [0.5, 0.6) is 5.75 Å². The van der Waals surface area contributed by atoms with Gasteiger partial charge in [-0.05, 0) is 49.8 Å². The second-order valence-electron chi connectivity index (χ2n) is 4.87. The quantitative estimate of drug-likeness (QED) is 0.933. The smallest absolute Gasteiger partial charge is 0.180 e. The van der Waals surface area contributed by atoms with Crippen LogP contribution in [0.25, 0.3) is 0 Å². The first-order valence-electron chi connectivity index (χ1n) is 6.73. The van der Waals surface area contributed by atoms with Crippen molar-refractivity contribution in [3.8, 4) is 5.75 Å². The van der Waals surface area contributed by atoms with Crippen LogP contribution in [-0.2, 0) is 12.8 Å². The lowest BCUT2D eigenvalue weighted by molar-refractivity contribution is 0.339. The van der Waals surface area contributed by atoms with E-state index in [4.69, 9.17) is 10.5 Å². The monoisotopic (exact) mass is 274 g/mol. The lowest BCUT2D eigenvalue weighted by Gasteiger charge is -2.22. The number of ether oxygens (including phenoxy) is 1. The highest BCUT2D eigenvalue weighted by atomic mass is 32.1. The summed E-state index contributed by atoms with van der Waals surface area (Å²) in [5.41, 5.74) is 8.37. The van der Waals surface area contributed by atoms with Crippen molar-refractivity contribution < 1.29 is 4.74 Å². The van der Waals surface area contributed by atoms with Crippen LogP contribution in [0.1, 0.15) is 35.4 Å². The number of benzene rings is 1. The van der Waals surface area contributed by atoms with Crippen molar-refractivity contribution in [2.75, 3.05) is 12.3 Å². The zero-order valence-corrected chi connectivity index (χ0v) is 11.9. The summed E-state index contributed by atoms with van der Waals surface area (Å²) in [6.45, 7) is 2.73. The van der Waals surface area contributed by atoms with E-state index >= 15 is 0 Å². The summed E-state index contributed by atoms with van der Waals surface area (Å²) in [6.07, 6.45) is 3.23. The summed E-state index contributed by atoms with van der Waals surface area (Å²) in [4.78, 5) is 5.75. The van der Waals surface area contributed by atoms with E-state index in [2.05, 4.69) is 23.2 Å². The molecule has 1 aliphatic rings.